The Labute approximate surface area is 169 Å². The SMILES string of the molecule is CCCNC(=O)c1ccc(NC(=O)CCN=C2NS(=O)(=O)c3ccccc32)cc1. The fraction of sp³-hybridized carbons (Fsp3) is 0.250. The molecule has 2 aromatic carbocycles. The lowest BCUT2D eigenvalue weighted by molar-refractivity contribution is -0.116. The number of amides is 2. The summed E-state index contributed by atoms with van der Waals surface area (Å²) in [7, 11) is -3.59. The molecule has 1 heterocycles. The van der Waals surface area contributed by atoms with E-state index in [0.29, 0.717) is 23.4 Å². The lowest BCUT2D eigenvalue weighted by atomic mass is 10.2. The standard InChI is InChI=1S/C20H22N4O4S/c1-2-12-22-20(26)14-7-9-15(10-8-14)23-18(25)11-13-21-19-16-5-3-4-6-17(16)29(27,28)24-19/h3-10H,2,11-13H2,1H3,(H,21,24)(H,22,26)(H,23,25). The van der Waals surface area contributed by atoms with Gasteiger partial charge in [0.1, 0.15) is 5.84 Å². The summed E-state index contributed by atoms with van der Waals surface area (Å²) >= 11 is 0. The first-order valence-electron chi connectivity index (χ1n) is 9.25. The zero-order valence-corrected chi connectivity index (χ0v) is 16.8. The van der Waals surface area contributed by atoms with Gasteiger partial charge in [-0.25, -0.2) is 8.42 Å². The number of carbonyl (C=O) groups is 2. The minimum absolute atomic E-state index is 0.0894. The summed E-state index contributed by atoms with van der Waals surface area (Å²) < 4.78 is 26.5. The number of nitrogens with zero attached hydrogens (tertiary/aromatic N) is 1. The van der Waals surface area contributed by atoms with Crippen LogP contribution in [0.3, 0.4) is 0 Å². The van der Waals surface area contributed by atoms with Crippen LogP contribution in [0.25, 0.3) is 0 Å². The van der Waals surface area contributed by atoms with E-state index in [0.717, 1.165) is 6.42 Å². The molecule has 2 amide bonds. The van der Waals surface area contributed by atoms with Gasteiger partial charge in [-0.15, -0.1) is 0 Å². The van der Waals surface area contributed by atoms with Crippen LogP contribution in [0.1, 0.15) is 35.7 Å². The number of rotatable bonds is 7. The second-order valence-electron chi connectivity index (χ2n) is 6.46. The average molecular weight is 414 g/mol. The quantitative estimate of drug-likeness (QED) is 0.641. The summed E-state index contributed by atoms with van der Waals surface area (Å²) in [5, 5.41) is 5.52. The van der Waals surface area contributed by atoms with Crippen molar-refractivity contribution in [3.8, 4) is 0 Å². The third-order valence-corrected chi connectivity index (χ3v) is 5.64. The molecule has 0 radical (unpaired) electrons. The number of benzene rings is 2. The van der Waals surface area contributed by atoms with Crippen molar-refractivity contribution in [2.75, 3.05) is 18.4 Å². The summed E-state index contributed by atoms with van der Waals surface area (Å²) in [6.07, 6.45) is 0.948. The van der Waals surface area contributed by atoms with Gasteiger partial charge in [0.25, 0.3) is 15.9 Å². The molecule has 0 atom stereocenters. The molecule has 29 heavy (non-hydrogen) atoms. The van der Waals surface area contributed by atoms with E-state index in [1.807, 2.05) is 6.92 Å². The molecule has 0 aliphatic carbocycles. The maximum atomic E-state index is 12.1. The number of aliphatic imine (C=N–C) groups is 1. The number of fused-ring (bicyclic) bond motifs is 1. The Bertz CT molecular complexity index is 1050. The lowest BCUT2D eigenvalue weighted by Gasteiger charge is -2.07. The van der Waals surface area contributed by atoms with Crippen molar-refractivity contribution < 1.29 is 18.0 Å². The highest BCUT2D eigenvalue weighted by Crippen LogP contribution is 2.22. The van der Waals surface area contributed by atoms with Gasteiger partial charge in [0, 0.05) is 29.8 Å². The summed E-state index contributed by atoms with van der Waals surface area (Å²) in [6, 6.07) is 13.2. The third-order valence-electron chi connectivity index (χ3n) is 4.24. The minimum Gasteiger partial charge on any atom is -0.352 e. The molecule has 2 aromatic rings. The van der Waals surface area contributed by atoms with Gasteiger partial charge < -0.3 is 10.6 Å². The van der Waals surface area contributed by atoms with Gasteiger partial charge in [-0.05, 0) is 42.8 Å². The Hall–Kier alpha value is -3.20. The van der Waals surface area contributed by atoms with Crippen molar-refractivity contribution in [2.24, 2.45) is 4.99 Å². The monoisotopic (exact) mass is 414 g/mol. The van der Waals surface area contributed by atoms with Crippen LogP contribution >= 0.6 is 0 Å². The zero-order chi connectivity index (χ0) is 20.9. The lowest BCUT2D eigenvalue weighted by Crippen LogP contribution is -2.24. The zero-order valence-electron chi connectivity index (χ0n) is 15.9. The molecule has 1 aliphatic rings. The Balaban J connectivity index is 1.54. The van der Waals surface area contributed by atoms with Gasteiger partial charge in [-0.1, -0.05) is 19.1 Å². The second-order valence-corrected chi connectivity index (χ2v) is 8.11. The van der Waals surface area contributed by atoms with Gasteiger partial charge >= 0.3 is 0 Å². The summed E-state index contributed by atoms with van der Waals surface area (Å²) in [6.45, 7) is 2.72. The highest BCUT2D eigenvalue weighted by atomic mass is 32.2. The molecule has 0 unspecified atom stereocenters. The van der Waals surface area contributed by atoms with Crippen LogP contribution in [0.4, 0.5) is 5.69 Å². The highest BCUT2D eigenvalue weighted by Gasteiger charge is 2.29. The van der Waals surface area contributed by atoms with Crippen molar-refractivity contribution in [2.45, 2.75) is 24.7 Å². The average Bonchev–Trinajstić information content (AvgIpc) is 2.97. The number of carbonyl (C=O) groups excluding carboxylic acids is 2. The van der Waals surface area contributed by atoms with Crippen molar-refractivity contribution >= 4 is 33.4 Å². The maximum absolute atomic E-state index is 12.1. The molecule has 0 saturated carbocycles. The van der Waals surface area contributed by atoms with Crippen LogP contribution in [0.15, 0.2) is 58.4 Å². The Morgan fingerprint density at radius 1 is 1.07 bits per heavy atom. The summed E-state index contributed by atoms with van der Waals surface area (Å²) in [5.74, 6) is -0.164. The first-order valence-corrected chi connectivity index (χ1v) is 10.7. The first-order chi connectivity index (χ1) is 13.9. The highest BCUT2D eigenvalue weighted by molar-refractivity contribution is 7.90. The van der Waals surface area contributed by atoms with Gasteiger partial charge in [0.2, 0.25) is 5.91 Å². The van der Waals surface area contributed by atoms with Crippen LogP contribution in [0, 0.1) is 0 Å². The van der Waals surface area contributed by atoms with Gasteiger partial charge in [0.05, 0.1) is 11.4 Å². The maximum Gasteiger partial charge on any atom is 0.263 e. The van der Waals surface area contributed by atoms with Crippen LogP contribution in [-0.4, -0.2) is 39.2 Å². The fourth-order valence-electron chi connectivity index (χ4n) is 2.79. The van der Waals surface area contributed by atoms with Crippen LogP contribution in [0.5, 0.6) is 0 Å². The predicted octanol–water partition coefficient (Wildman–Crippen LogP) is 1.89. The summed E-state index contributed by atoms with van der Waals surface area (Å²) in [5.41, 5.74) is 1.60. The van der Waals surface area contributed by atoms with E-state index in [2.05, 4.69) is 20.3 Å². The molecule has 152 valence electrons. The van der Waals surface area contributed by atoms with Gasteiger partial charge in [-0.2, -0.15) is 0 Å². The predicted molar refractivity (Wildman–Crippen MR) is 110 cm³/mol. The van der Waals surface area contributed by atoms with E-state index in [9.17, 15) is 18.0 Å². The Kier molecular flexibility index (Phi) is 6.28. The van der Waals surface area contributed by atoms with E-state index in [-0.39, 0.29) is 35.5 Å². The number of nitrogens with one attached hydrogen (secondary N) is 3. The number of amidine groups is 1. The van der Waals surface area contributed by atoms with Gasteiger partial charge in [-0.3, -0.25) is 19.3 Å². The molecule has 9 heteroatoms. The van der Waals surface area contributed by atoms with Crippen molar-refractivity contribution in [3.05, 3.63) is 59.7 Å². The molecule has 0 saturated heterocycles. The largest absolute Gasteiger partial charge is 0.352 e. The van der Waals surface area contributed by atoms with Gasteiger partial charge in [0.15, 0.2) is 0 Å². The molecule has 0 fully saturated rings. The van der Waals surface area contributed by atoms with E-state index < -0.39 is 10.0 Å². The summed E-state index contributed by atoms with van der Waals surface area (Å²) in [4.78, 5) is 28.4. The van der Waals surface area contributed by atoms with Crippen LogP contribution in [-0.2, 0) is 14.8 Å². The normalized spacial score (nSPS) is 15.4. The van der Waals surface area contributed by atoms with Crippen molar-refractivity contribution in [3.63, 3.8) is 0 Å². The molecule has 8 nitrogen and oxygen atoms in total. The number of sulfonamides is 1. The van der Waals surface area contributed by atoms with E-state index >= 15 is 0 Å². The second kappa shape index (κ2) is 8.87. The van der Waals surface area contributed by atoms with Crippen molar-refractivity contribution in [1.29, 1.82) is 0 Å². The molecular weight excluding hydrogens is 392 g/mol. The molecular formula is C20H22N4O4S. The molecule has 1 aliphatic heterocycles. The Morgan fingerprint density at radius 2 is 1.79 bits per heavy atom. The topological polar surface area (TPSA) is 117 Å². The van der Waals surface area contributed by atoms with E-state index in [1.54, 1.807) is 42.5 Å². The van der Waals surface area contributed by atoms with Crippen LogP contribution in [0.2, 0.25) is 0 Å². The molecule has 3 N–H and O–H groups in total. The van der Waals surface area contributed by atoms with E-state index in [4.69, 9.17) is 0 Å². The molecule has 0 aromatic heterocycles. The van der Waals surface area contributed by atoms with Crippen LogP contribution < -0.4 is 15.4 Å². The smallest absolute Gasteiger partial charge is 0.263 e. The molecule has 3 rings (SSSR count). The first kappa shape index (κ1) is 20.5. The number of hydrogen-bond acceptors (Lipinski definition) is 5. The Morgan fingerprint density at radius 3 is 2.52 bits per heavy atom. The fourth-order valence-corrected chi connectivity index (χ4v) is 4.04. The number of anilines is 1. The minimum atomic E-state index is -3.59. The number of hydrogen-bond donors (Lipinski definition) is 3. The van der Waals surface area contributed by atoms with Crippen molar-refractivity contribution in [1.82, 2.24) is 10.0 Å². The molecule has 0 bridgehead atoms. The van der Waals surface area contributed by atoms with E-state index in [1.165, 1.54) is 6.07 Å². The molecule has 0 spiro atoms. The third kappa shape index (κ3) is 5.00.